The monoisotopic (exact) mass is 119 g/mol. The van der Waals surface area contributed by atoms with Crippen molar-refractivity contribution in [3.8, 4) is 0 Å². The van der Waals surface area contributed by atoms with Crippen LogP contribution >= 0.6 is 0 Å². The quantitative estimate of drug-likeness (QED) is 0.461. The summed E-state index contributed by atoms with van der Waals surface area (Å²) in [6.45, 7) is 0.829. The number of hydrogen-bond acceptors (Lipinski definition) is 2. The first-order valence-electron chi connectivity index (χ1n) is 2.52. The number of nitrogens with zero attached hydrogens (tertiary/aromatic N) is 1. The molecule has 1 aliphatic rings. The van der Waals surface area contributed by atoms with Crippen LogP contribution in [0.2, 0.25) is 0 Å². The first kappa shape index (κ1) is 5.09. The van der Waals surface area contributed by atoms with Crippen LogP contribution in [0.4, 0.5) is 0 Å². The Morgan fingerprint density at radius 3 is 2.57 bits per heavy atom. The van der Waals surface area contributed by atoms with Crippen LogP contribution in [-0.2, 0) is 10.6 Å². The van der Waals surface area contributed by atoms with E-state index in [-0.39, 0.29) is 0 Å². The average molecular weight is 119 g/mol. The van der Waals surface area contributed by atoms with Gasteiger partial charge in [-0.05, 0) is 12.8 Å². The van der Waals surface area contributed by atoms with Crippen LogP contribution in [0.15, 0.2) is 4.36 Å². The largest absolute Gasteiger partial charge is 0.253 e. The highest BCUT2D eigenvalue weighted by Gasteiger charge is 1.93. The molecular formula is C4H9NOS. The van der Waals surface area contributed by atoms with E-state index < -0.39 is 10.6 Å². The maximum Gasteiger partial charge on any atom is 0.0482 e. The third kappa shape index (κ3) is 1.47. The molecule has 2 nitrogen and oxygen atoms in total. The second-order valence-electron chi connectivity index (χ2n) is 1.65. The molecule has 1 heterocycles. The molecular weight excluding hydrogens is 110 g/mol. The second kappa shape index (κ2) is 2.31. The van der Waals surface area contributed by atoms with Crippen LogP contribution in [0.3, 0.4) is 0 Å². The van der Waals surface area contributed by atoms with Crippen molar-refractivity contribution in [2.45, 2.75) is 12.8 Å². The highest BCUT2D eigenvalue weighted by Crippen LogP contribution is 1.97. The van der Waals surface area contributed by atoms with Crippen LogP contribution in [0.1, 0.15) is 12.8 Å². The van der Waals surface area contributed by atoms with Gasteiger partial charge in [0.25, 0.3) is 0 Å². The minimum atomic E-state index is -1.12. The zero-order valence-electron chi connectivity index (χ0n) is 4.13. The molecule has 0 aromatic heterocycles. The standard InChI is InChI=1S/C4H9NOS/c6-7-4-2-1-3-5-7/h7H,1-4H2. The topological polar surface area (TPSA) is 29.4 Å². The Bertz CT molecular complexity index is 126. The lowest BCUT2D eigenvalue weighted by atomic mass is 10.3. The van der Waals surface area contributed by atoms with Crippen molar-refractivity contribution >= 4 is 10.6 Å². The molecule has 1 atom stereocenters. The molecule has 0 radical (unpaired) electrons. The Morgan fingerprint density at radius 1 is 1.43 bits per heavy atom. The van der Waals surface area contributed by atoms with Gasteiger partial charge < -0.3 is 0 Å². The Hall–Kier alpha value is -0.0500. The molecule has 0 fully saturated rings. The van der Waals surface area contributed by atoms with Gasteiger partial charge in [0.1, 0.15) is 0 Å². The molecule has 7 heavy (non-hydrogen) atoms. The van der Waals surface area contributed by atoms with Crippen molar-refractivity contribution in [1.82, 2.24) is 0 Å². The van der Waals surface area contributed by atoms with Crippen molar-refractivity contribution in [1.29, 1.82) is 0 Å². The molecule has 1 rings (SSSR count). The summed E-state index contributed by atoms with van der Waals surface area (Å²) < 4.78 is 14.3. The molecule has 0 aromatic carbocycles. The van der Waals surface area contributed by atoms with Crippen molar-refractivity contribution < 1.29 is 4.21 Å². The zero-order valence-corrected chi connectivity index (χ0v) is 5.03. The maximum absolute atomic E-state index is 10.4. The molecule has 3 heteroatoms. The summed E-state index contributed by atoms with van der Waals surface area (Å²) in [5, 5.41) is 0. The second-order valence-corrected chi connectivity index (χ2v) is 3.08. The van der Waals surface area contributed by atoms with Gasteiger partial charge in [0.15, 0.2) is 0 Å². The van der Waals surface area contributed by atoms with Crippen LogP contribution in [0, 0.1) is 0 Å². The fourth-order valence-corrected chi connectivity index (χ4v) is 1.61. The highest BCUT2D eigenvalue weighted by molar-refractivity contribution is 7.74. The van der Waals surface area contributed by atoms with Crippen LogP contribution in [0.25, 0.3) is 0 Å². The normalized spacial score (nSPS) is 31.7. The van der Waals surface area contributed by atoms with E-state index in [2.05, 4.69) is 4.36 Å². The van der Waals surface area contributed by atoms with E-state index in [1.807, 2.05) is 0 Å². The minimum absolute atomic E-state index is 0.829. The molecule has 0 aromatic rings. The van der Waals surface area contributed by atoms with Gasteiger partial charge in [0.2, 0.25) is 0 Å². The van der Waals surface area contributed by atoms with Gasteiger partial charge in [-0.3, -0.25) is 4.21 Å². The van der Waals surface area contributed by atoms with Gasteiger partial charge >= 0.3 is 0 Å². The van der Waals surface area contributed by atoms with E-state index in [9.17, 15) is 4.21 Å². The smallest absolute Gasteiger partial charge is 0.0482 e. The molecule has 0 aliphatic carbocycles. The van der Waals surface area contributed by atoms with E-state index in [1.165, 1.54) is 0 Å². The SMILES string of the molecule is O=[SH]1=NCCCC1. The van der Waals surface area contributed by atoms with Crippen molar-refractivity contribution in [3.63, 3.8) is 0 Å². The average Bonchev–Trinajstić information content (AvgIpc) is 1.69. The van der Waals surface area contributed by atoms with Gasteiger partial charge in [-0.15, -0.1) is 0 Å². The number of rotatable bonds is 0. The fourth-order valence-electron chi connectivity index (χ4n) is 0.612. The maximum atomic E-state index is 10.4. The molecule has 0 saturated carbocycles. The highest BCUT2D eigenvalue weighted by atomic mass is 32.2. The van der Waals surface area contributed by atoms with E-state index in [1.54, 1.807) is 0 Å². The van der Waals surface area contributed by atoms with Crippen molar-refractivity contribution in [3.05, 3.63) is 0 Å². The Kier molecular flexibility index (Phi) is 1.68. The molecule has 0 saturated heterocycles. The Morgan fingerprint density at radius 2 is 2.29 bits per heavy atom. The zero-order chi connectivity index (χ0) is 5.11. The first-order chi connectivity index (χ1) is 3.39. The molecule has 42 valence electrons. The summed E-state index contributed by atoms with van der Waals surface area (Å²) in [6, 6.07) is 0. The lowest BCUT2D eigenvalue weighted by Crippen LogP contribution is -1.96. The van der Waals surface area contributed by atoms with E-state index >= 15 is 0 Å². The van der Waals surface area contributed by atoms with Crippen molar-refractivity contribution in [2.24, 2.45) is 4.36 Å². The summed E-state index contributed by atoms with van der Waals surface area (Å²) in [4.78, 5) is 0. The minimum Gasteiger partial charge on any atom is -0.253 e. The summed E-state index contributed by atoms with van der Waals surface area (Å²) in [7, 11) is -1.12. The third-order valence-corrected chi connectivity index (χ3v) is 2.23. The van der Waals surface area contributed by atoms with E-state index in [0.29, 0.717) is 0 Å². The van der Waals surface area contributed by atoms with E-state index in [4.69, 9.17) is 0 Å². The molecule has 1 aliphatic heterocycles. The van der Waals surface area contributed by atoms with E-state index in [0.717, 1.165) is 25.1 Å². The summed E-state index contributed by atoms with van der Waals surface area (Å²) in [5.41, 5.74) is 0. The number of thiol groups is 1. The van der Waals surface area contributed by atoms with Crippen LogP contribution in [0.5, 0.6) is 0 Å². The summed E-state index contributed by atoms with van der Waals surface area (Å²) >= 11 is 0. The third-order valence-electron chi connectivity index (χ3n) is 1.02. The molecule has 0 amide bonds. The molecule has 0 spiro atoms. The van der Waals surface area contributed by atoms with Gasteiger partial charge in [-0.2, -0.15) is 0 Å². The molecule has 1 unspecified atom stereocenters. The lowest BCUT2D eigenvalue weighted by Gasteiger charge is -1.98. The fraction of sp³-hybridized carbons (Fsp3) is 1.00. The van der Waals surface area contributed by atoms with Crippen molar-refractivity contribution in [2.75, 3.05) is 12.3 Å². The Balaban J connectivity index is 2.57. The molecule has 0 bridgehead atoms. The first-order valence-corrected chi connectivity index (χ1v) is 3.91. The Labute approximate surface area is 45.1 Å². The van der Waals surface area contributed by atoms with Crippen LogP contribution in [-0.4, -0.2) is 16.5 Å². The van der Waals surface area contributed by atoms with Gasteiger partial charge in [0, 0.05) is 22.9 Å². The van der Waals surface area contributed by atoms with Crippen LogP contribution < -0.4 is 0 Å². The predicted octanol–water partition coefficient (Wildman–Crippen LogP) is 0.445. The summed E-state index contributed by atoms with van der Waals surface area (Å²) in [6.07, 6.45) is 2.25. The summed E-state index contributed by atoms with van der Waals surface area (Å²) in [5.74, 6) is 0.829. The van der Waals surface area contributed by atoms with Gasteiger partial charge in [0.05, 0.1) is 0 Å². The van der Waals surface area contributed by atoms with Gasteiger partial charge in [-0.1, -0.05) is 0 Å². The molecule has 0 N–H and O–H groups in total. The lowest BCUT2D eigenvalue weighted by molar-refractivity contribution is 0.672. The predicted molar refractivity (Wildman–Crippen MR) is 30.9 cm³/mol. The van der Waals surface area contributed by atoms with Gasteiger partial charge in [-0.25, -0.2) is 4.36 Å². The number of hydrogen-bond donors (Lipinski definition) is 1.